The maximum absolute atomic E-state index is 6.35. The van der Waals surface area contributed by atoms with Crippen LogP contribution < -0.4 is 41.6 Å². The van der Waals surface area contributed by atoms with E-state index in [-0.39, 0.29) is 12.5 Å². The van der Waals surface area contributed by atoms with Gasteiger partial charge in [-0.15, -0.1) is 0 Å². The van der Waals surface area contributed by atoms with Crippen LogP contribution in [0.2, 0.25) is 0 Å². The van der Waals surface area contributed by atoms with Gasteiger partial charge in [-0.1, -0.05) is 6.92 Å². The topological polar surface area (TPSA) is 116 Å². The van der Waals surface area contributed by atoms with Crippen molar-refractivity contribution in [3.8, 4) is 17.2 Å². The molecule has 6 unspecified atom stereocenters. The van der Waals surface area contributed by atoms with Crippen LogP contribution in [0.3, 0.4) is 0 Å². The van der Waals surface area contributed by atoms with E-state index in [0.29, 0.717) is 41.0 Å². The Labute approximate surface area is 161 Å². The first-order valence-corrected chi connectivity index (χ1v) is 9.55. The van der Waals surface area contributed by atoms with E-state index in [1.165, 1.54) is 0 Å². The maximum atomic E-state index is 6.35. The molecule has 1 saturated heterocycles. The van der Waals surface area contributed by atoms with Gasteiger partial charge in [-0.3, -0.25) is 10.6 Å². The summed E-state index contributed by atoms with van der Waals surface area (Å²) >= 11 is 0. The van der Waals surface area contributed by atoms with Crippen LogP contribution in [0.5, 0.6) is 17.2 Å². The van der Waals surface area contributed by atoms with Crippen LogP contribution in [-0.2, 0) is 0 Å². The second kappa shape index (κ2) is 8.52. The van der Waals surface area contributed by atoms with Gasteiger partial charge in [0.1, 0.15) is 6.29 Å². The summed E-state index contributed by atoms with van der Waals surface area (Å²) in [6.07, 6.45) is 1.92. The molecule has 7 N–H and O–H groups in total. The van der Waals surface area contributed by atoms with E-state index in [4.69, 9.17) is 25.7 Å². The third kappa shape index (κ3) is 4.08. The molecule has 1 saturated carbocycles. The number of nitrogens with two attached hydrogens (primary N) is 2. The molecule has 0 aromatic heterocycles. The third-order valence-corrected chi connectivity index (χ3v) is 6.08. The van der Waals surface area contributed by atoms with Crippen molar-refractivity contribution >= 4 is 5.69 Å². The lowest BCUT2D eigenvalue weighted by atomic mass is 9.68. The van der Waals surface area contributed by atoms with E-state index in [2.05, 4.69) is 22.9 Å². The summed E-state index contributed by atoms with van der Waals surface area (Å²) in [6, 6.07) is 4.25. The molecular weight excluding hydrogens is 346 g/mol. The van der Waals surface area contributed by atoms with Crippen LogP contribution in [0.4, 0.5) is 5.69 Å². The van der Waals surface area contributed by atoms with Crippen LogP contribution in [-0.4, -0.2) is 46.4 Å². The van der Waals surface area contributed by atoms with Crippen LogP contribution in [0.1, 0.15) is 19.8 Å². The summed E-state index contributed by atoms with van der Waals surface area (Å²) in [7, 11) is 4.86. The van der Waals surface area contributed by atoms with Gasteiger partial charge in [0.05, 0.1) is 27.5 Å². The Hall–Kier alpha value is -1.74. The minimum atomic E-state index is -0.220. The summed E-state index contributed by atoms with van der Waals surface area (Å²) in [4.78, 5) is 0. The monoisotopic (exact) mass is 379 g/mol. The second-order valence-corrected chi connectivity index (χ2v) is 7.51. The molecule has 8 nitrogen and oxygen atoms in total. The molecule has 8 heteroatoms. The molecule has 0 bridgehead atoms. The lowest BCUT2D eigenvalue weighted by molar-refractivity contribution is 0.0494. The van der Waals surface area contributed by atoms with Crippen LogP contribution in [0, 0.1) is 17.8 Å². The Morgan fingerprint density at radius 2 is 1.70 bits per heavy atom. The Balaban J connectivity index is 1.68. The highest BCUT2D eigenvalue weighted by atomic mass is 16.5. The number of methoxy groups -OCH3 is 3. The fraction of sp³-hybridized carbons (Fsp3) is 0.684. The van der Waals surface area contributed by atoms with E-state index in [1.807, 2.05) is 12.1 Å². The van der Waals surface area contributed by atoms with E-state index in [1.54, 1.807) is 21.3 Å². The summed E-state index contributed by atoms with van der Waals surface area (Å²) in [5, 5.41) is 10.2. The van der Waals surface area contributed by atoms with Crippen LogP contribution >= 0.6 is 0 Å². The zero-order valence-electron chi connectivity index (χ0n) is 16.6. The van der Waals surface area contributed by atoms with E-state index in [9.17, 15) is 0 Å². The average Bonchev–Trinajstić information content (AvgIpc) is 2.65. The average molecular weight is 380 g/mol. The van der Waals surface area contributed by atoms with Crippen molar-refractivity contribution in [2.75, 3.05) is 33.2 Å². The molecule has 1 aromatic rings. The molecule has 1 heterocycles. The second-order valence-electron chi connectivity index (χ2n) is 7.51. The van der Waals surface area contributed by atoms with Gasteiger partial charge in [-0.25, -0.2) is 0 Å². The molecule has 1 aliphatic heterocycles. The zero-order chi connectivity index (χ0) is 19.6. The molecule has 1 aliphatic carbocycles. The van der Waals surface area contributed by atoms with Crippen LogP contribution in [0.15, 0.2) is 12.1 Å². The SMILES string of the molecule is COc1cc(NCC2CCC3NC(N)NC(N)C3C2C)cc(OC)c1OC. The number of ether oxygens (including phenoxy) is 3. The molecule has 1 aromatic carbocycles. The van der Waals surface area contributed by atoms with Gasteiger partial charge in [0, 0.05) is 36.3 Å². The summed E-state index contributed by atoms with van der Waals surface area (Å²) < 4.78 is 16.3. The Morgan fingerprint density at radius 3 is 2.30 bits per heavy atom. The minimum Gasteiger partial charge on any atom is -0.493 e. The largest absolute Gasteiger partial charge is 0.493 e. The molecule has 2 fully saturated rings. The van der Waals surface area contributed by atoms with Crippen molar-refractivity contribution in [1.29, 1.82) is 0 Å². The number of anilines is 1. The summed E-state index contributed by atoms with van der Waals surface area (Å²) in [5.41, 5.74) is 13.3. The highest BCUT2D eigenvalue weighted by Gasteiger charge is 2.43. The standard InChI is InChI=1S/C19H33N5O3/c1-10-11(5-6-13-16(10)18(20)24-19(21)23-13)9-22-12-7-14(25-2)17(27-4)15(8-12)26-3/h7-8,10-11,13,16,18-19,22-24H,5-6,9,20-21H2,1-4H3. The van der Waals surface area contributed by atoms with Gasteiger partial charge in [0.15, 0.2) is 11.5 Å². The molecule has 2 aliphatic rings. The Bertz CT molecular complexity index is 619. The first-order chi connectivity index (χ1) is 13.0. The number of hydrogen-bond acceptors (Lipinski definition) is 8. The molecule has 152 valence electrons. The van der Waals surface area contributed by atoms with Gasteiger partial charge in [-0.05, 0) is 24.7 Å². The lowest BCUT2D eigenvalue weighted by Crippen LogP contribution is -2.71. The van der Waals surface area contributed by atoms with Crippen LogP contribution in [0.25, 0.3) is 0 Å². The van der Waals surface area contributed by atoms with E-state index >= 15 is 0 Å². The van der Waals surface area contributed by atoms with Gasteiger partial charge < -0.3 is 31.0 Å². The Kier molecular flexibility index (Phi) is 6.31. The maximum Gasteiger partial charge on any atom is 0.203 e. The number of hydrogen-bond donors (Lipinski definition) is 5. The zero-order valence-corrected chi connectivity index (χ0v) is 16.6. The molecule has 0 amide bonds. The lowest BCUT2D eigenvalue weighted by Gasteiger charge is -2.49. The molecular formula is C19H33N5O3. The first kappa shape index (κ1) is 20.0. The number of benzene rings is 1. The fourth-order valence-corrected chi connectivity index (χ4v) is 4.62. The van der Waals surface area contributed by atoms with Crippen molar-refractivity contribution in [3.05, 3.63) is 12.1 Å². The highest BCUT2D eigenvalue weighted by molar-refractivity contribution is 5.62. The van der Waals surface area contributed by atoms with Crippen molar-refractivity contribution in [2.24, 2.45) is 29.2 Å². The smallest absolute Gasteiger partial charge is 0.203 e. The van der Waals surface area contributed by atoms with Gasteiger partial charge >= 0.3 is 0 Å². The number of nitrogens with one attached hydrogen (secondary N) is 3. The van der Waals surface area contributed by atoms with Gasteiger partial charge in [-0.2, -0.15) is 0 Å². The van der Waals surface area contributed by atoms with Crippen molar-refractivity contribution in [3.63, 3.8) is 0 Å². The van der Waals surface area contributed by atoms with Crippen molar-refractivity contribution in [1.82, 2.24) is 10.6 Å². The fourth-order valence-electron chi connectivity index (χ4n) is 4.62. The highest BCUT2D eigenvalue weighted by Crippen LogP contribution is 2.41. The number of rotatable bonds is 6. The van der Waals surface area contributed by atoms with Gasteiger partial charge in [0.25, 0.3) is 0 Å². The van der Waals surface area contributed by atoms with Crippen molar-refractivity contribution in [2.45, 2.75) is 38.3 Å². The minimum absolute atomic E-state index is 0.0785. The molecule has 3 rings (SSSR count). The van der Waals surface area contributed by atoms with E-state index in [0.717, 1.165) is 25.1 Å². The van der Waals surface area contributed by atoms with Crippen molar-refractivity contribution < 1.29 is 14.2 Å². The first-order valence-electron chi connectivity index (χ1n) is 9.55. The van der Waals surface area contributed by atoms with E-state index < -0.39 is 0 Å². The molecule has 27 heavy (non-hydrogen) atoms. The predicted octanol–water partition coefficient (Wildman–Crippen LogP) is 0.875. The quantitative estimate of drug-likeness (QED) is 0.495. The number of fused-ring (bicyclic) bond motifs is 1. The Morgan fingerprint density at radius 1 is 1.04 bits per heavy atom. The molecule has 6 atom stereocenters. The third-order valence-electron chi connectivity index (χ3n) is 6.08. The van der Waals surface area contributed by atoms with Gasteiger partial charge in [0.2, 0.25) is 5.75 Å². The molecule has 0 spiro atoms. The normalized spacial score (nSPS) is 33.1. The predicted molar refractivity (Wildman–Crippen MR) is 106 cm³/mol. The summed E-state index contributed by atoms with van der Waals surface area (Å²) in [6.45, 7) is 3.15. The summed E-state index contributed by atoms with van der Waals surface area (Å²) in [5.74, 6) is 3.25. The molecule has 0 radical (unpaired) electrons.